The van der Waals surface area contributed by atoms with E-state index in [-0.39, 0.29) is 32.9 Å². The van der Waals surface area contributed by atoms with Crippen molar-refractivity contribution in [3.8, 4) is 22.6 Å². The normalized spacial score (nSPS) is 10.4. The Morgan fingerprint density at radius 3 is 1.36 bits per heavy atom. The summed E-state index contributed by atoms with van der Waals surface area (Å²) in [5, 5.41) is 1.78. The second-order valence-electron chi connectivity index (χ2n) is 5.42. The highest BCUT2D eigenvalue weighted by atomic mass is 35.5. The molecule has 12 heteroatoms. The molecule has 0 aliphatic heterocycles. The summed E-state index contributed by atoms with van der Waals surface area (Å²) in [6.45, 7) is 0. The summed E-state index contributed by atoms with van der Waals surface area (Å²) in [6, 6.07) is 4.04. The van der Waals surface area contributed by atoms with E-state index in [1.54, 1.807) is 0 Å². The van der Waals surface area contributed by atoms with Crippen LogP contribution in [0.25, 0.3) is 11.1 Å². The number of benzene rings is 2. The lowest BCUT2D eigenvalue weighted by Crippen LogP contribution is -2.41. The second-order valence-corrected chi connectivity index (χ2v) is 6.24. The highest BCUT2D eigenvalue weighted by molar-refractivity contribution is 6.37. The van der Waals surface area contributed by atoms with Gasteiger partial charge in [-0.05, 0) is 24.3 Å². The average molecular weight is 429 g/mol. The second kappa shape index (κ2) is 8.40. The molecule has 2 aromatic carbocycles. The van der Waals surface area contributed by atoms with Gasteiger partial charge in [0.05, 0.1) is 24.3 Å². The van der Waals surface area contributed by atoms with Crippen LogP contribution in [0.3, 0.4) is 0 Å². The highest BCUT2D eigenvalue weighted by Gasteiger charge is 2.21. The van der Waals surface area contributed by atoms with Crippen LogP contribution >= 0.6 is 23.2 Å². The summed E-state index contributed by atoms with van der Waals surface area (Å²) in [6.07, 6.45) is 0. The van der Waals surface area contributed by atoms with Crippen molar-refractivity contribution in [3.63, 3.8) is 0 Å². The maximum absolute atomic E-state index is 11.4. The first-order valence-electron chi connectivity index (χ1n) is 7.56. The third kappa shape index (κ3) is 3.99. The summed E-state index contributed by atoms with van der Waals surface area (Å²) in [4.78, 5) is 22.7. The van der Waals surface area contributed by atoms with Crippen molar-refractivity contribution in [2.24, 2.45) is 23.2 Å². The van der Waals surface area contributed by atoms with Crippen LogP contribution in [0, 0.1) is 0 Å². The lowest BCUT2D eigenvalue weighted by atomic mass is 10.0. The first-order valence-corrected chi connectivity index (χ1v) is 8.31. The molecule has 28 heavy (non-hydrogen) atoms. The largest absolute Gasteiger partial charge is 0.494 e. The molecule has 0 bridgehead atoms. The first kappa shape index (κ1) is 21.4. The molecule has 0 saturated carbocycles. The zero-order valence-corrected chi connectivity index (χ0v) is 16.4. The van der Waals surface area contributed by atoms with Gasteiger partial charge >= 0.3 is 12.1 Å². The Morgan fingerprint density at radius 2 is 1.11 bits per heavy atom. The minimum absolute atomic E-state index is 0.158. The number of halogens is 2. The molecular weight excluding hydrogens is 411 g/mol. The quantitative estimate of drug-likeness (QED) is 0.323. The highest BCUT2D eigenvalue weighted by Crippen LogP contribution is 2.44. The molecule has 150 valence electrons. The number of rotatable bonds is 5. The number of hydrogen-bond acceptors (Lipinski definition) is 6. The summed E-state index contributed by atoms with van der Waals surface area (Å²) in [5.74, 6) is 11.7. The van der Waals surface area contributed by atoms with Crippen LogP contribution in [-0.4, -0.2) is 26.3 Å². The molecule has 0 aliphatic carbocycles. The molecule has 0 radical (unpaired) electrons. The number of hydrogen-bond donors (Lipinski definition) is 4. The number of nitrogens with zero attached hydrogens (tertiary/aromatic N) is 2. The minimum atomic E-state index is -0.902. The predicted octanol–water partition coefficient (Wildman–Crippen LogP) is 2.20. The Hall–Kier alpha value is -2.92. The van der Waals surface area contributed by atoms with Crippen LogP contribution in [0.2, 0.25) is 10.0 Å². The number of carbonyl (C=O) groups excluding carboxylic acids is 2. The Bertz CT molecular complexity index is 864. The molecule has 0 aliphatic rings. The molecule has 0 aromatic heterocycles. The molecule has 0 unspecified atom stereocenters. The van der Waals surface area contributed by atoms with Gasteiger partial charge in [-0.25, -0.2) is 31.3 Å². The topological polar surface area (TPSA) is 163 Å². The van der Waals surface area contributed by atoms with Gasteiger partial charge in [0.25, 0.3) is 0 Å². The van der Waals surface area contributed by atoms with Gasteiger partial charge in [-0.3, -0.25) is 0 Å². The number of nitrogens with two attached hydrogens (primary N) is 4. The molecule has 0 fully saturated rings. The number of amides is 4. The molecule has 2 rings (SSSR count). The van der Waals surface area contributed by atoms with E-state index in [1.807, 2.05) is 0 Å². The van der Waals surface area contributed by atoms with Crippen LogP contribution in [-0.2, 0) is 0 Å². The van der Waals surface area contributed by atoms with Crippen LogP contribution < -0.4 is 42.6 Å². The summed E-state index contributed by atoms with van der Waals surface area (Å²) < 4.78 is 10.5. The fourth-order valence-corrected chi connectivity index (χ4v) is 2.96. The van der Waals surface area contributed by atoms with Crippen LogP contribution in [0.4, 0.5) is 21.0 Å². The van der Waals surface area contributed by atoms with Gasteiger partial charge < -0.3 is 20.9 Å². The van der Waals surface area contributed by atoms with E-state index in [4.69, 9.17) is 55.8 Å². The molecule has 10 nitrogen and oxygen atoms in total. The fraction of sp³-hybridized carbons (Fsp3) is 0.125. The third-order valence-electron chi connectivity index (χ3n) is 3.82. The summed E-state index contributed by atoms with van der Waals surface area (Å²) in [5.41, 5.74) is 11.6. The van der Waals surface area contributed by atoms with E-state index in [1.165, 1.54) is 38.5 Å². The van der Waals surface area contributed by atoms with Crippen molar-refractivity contribution in [2.45, 2.75) is 0 Å². The summed E-state index contributed by atoms with van der Waals surface area (Å²) in [7, 11) is 2.77. The first-order chi connectivity index (χ1) is 13.1. The molecule has 8 N–H and O–H groups in total. The van der Waals surface area contributed by atoms with Gasteiger partial charge in [0, 0.05) is 11.1 Å². The number of methoxy groups -OCH3 is 2. The lowest BCUT2D eigenvalue weighted by molar-refractivity contribution is 0.253. The van der Waals surface area contributed by atoms with E-state index in [9.17, 15) is 9.59 Å². The van der Waals surface area contributed by atoms with Gasteiger partial charge in [0.15, 0.2) is 0 Å². The van der Waals surface area contributed by atoms with Crippen molar-refractivity contribution in [3.05, 3.63) is 34.3 Å². The van der Waals surface area contributed by atoms with Crippen LogP contribution in [0.1, 0.15) is 0 Å². The predicted molar refractivity (Wildman–Crippen MR) is 108 cm³/mol. The Kier molecular flexibility index (Phi) is 6.41. The zero-order chi connectivity index (χ0) is 21.2. The van der Waals surface area contributed by atoms with Crippen molar-refractivity contribution in [2.75, 3.05) is 24.2 Å². The standard InChI is InChI=1S/C16H18Cl2N6O4/c1-27-13-3-7(9(17)5-11(13)23(21)15(19)25)8-4-14(28-2)12(6-10(8)18)24(22)16(20)26/h3-6H,21-22H2,1-2H3,(H2,19,25)(H2,20,26). The number of primary amides is 2. The average Bonchev–Trinajstić information content (AvgIpc) is 2.66. The zero-order valence-electron chi connectivity index (χ0n) is 14.9. The Morgan fingerprint density at radius 1 is 0.786 bits per heavy atom. The maximum atomic E-state index is 11.4. The molecule has 0 spiro atoms. The lowest BCUT2D eigenvalue weighted by Gasteiger charge is -2.21. The van der Waals surface area contributed by atoms with Crippen LogP contribution in [0.15, 0.2) is 24.3 Å². The minimum Gasteiger partial charge on any atom is -0.494 e. The van der Waals surface area contributed by atoms with Crippen molar-refractivity contribution in [1.29, 1.82) is 0 Å². The number of ether oxygens (including phenoxy) is 2. The van der Waals surface area contributed by atoms with Gasteiger partial charge in [-0.2, -0.15) is 0 Å². The van der Waals surface area contributed by atoms with Gasteiger partial charge in [-0.1, -0.05) is 23.2 Å². The smallest absolute Gasteiger partial charge is 0.333 e. The number of hydrazine groups is 2. The third-order valence-corrected chi connectivity index (χ3v) is 4.45. The fourth-order valence-electron chi connectivity index (χ4n) is 2.44. The van der Waals surface area contributed by atoms with E-state index in [0.29, 0.717) is 21.1 Å². The maximum Gasteiger partial charge on any atom is 0.333 e. The number of anilines is 2. The van der Waals surface area contributed by atoms with Gasteiger partial charge in [0.1, 0.15) is 22.9 Å². The molecule has 4 amide bonds. The van der Waals surface area contributed by atoms with E-state index in [0.717, 1.165) is 0 Å². The molecule has 2 aromatic rings. The number of carbonyl (C=O) groups is 2. The molecular formula is C16H18Cl2N6O4. The van der Waals surface area contributed by atoms with Gasteiger partial charge in [-0.15, -0.1) is 0 Å². The van der Waals surface area contributed by atoms with E-state index in [2.05, 4.69) is 0 Å². The van der Waals surface area contributed by atoms with E-state index < -0.39 is 12.1 Å². The Labute approximate surface area is 170 Å². The van der Waals surface area contributed by atoms with Gasteiger partial charge in [0.2, 0.25) is 0 Å². The van der Waals surface area contributed by atoms with Crippen molar-refractivity contribution in [1.82, 2.24) is 0 Å². The molecule has 0 heterocycles. The summed E-state index contributed by atoms with van der Waals surface area (Å²) >= 11 is 12.7. The molecule has 0 saturated heterocycles. The van der Waals surface area contributed by atoms with Crippen LogP contribution in [0.5, 0.6) is 11.5 Å². The van der Waals surface area contributed by atoms with Crippen molar-refractivity contribution >= 4 is 46.6 Å². The Balaban J connectivity index is 2.68. The number of urea groups is 2. The van der Waals surface area contributed by atoms with Crippen molar-refractivity contribution < 1.29 is 19.1 Å². The monoisotopic (exact) mass is 428 g/mol. The molecule has 0 atom stereocenters. The SMILES string of the molecule is COc1cc(-c2cc(OC)c(N(N)C(N)=O)cc2Cl)c(Cl)cc1N(N)C(N)=O. The van der Waals surface area contributed by atoms with E-state index >= 15 is 0 Å².